The number of nitrogens with zero attached hydrogens (tertiary/aromatic N) is 2. The van der Waals surface area contributed by atoms with E-state index >= 15 is 0 Å². The van der Waals surface area contributed by atoms with Gasteiger partial charge >= 0.3 is 7.60 Å². The predicted octanol–water partition coefficient (Wildman–Crippen LogP) is 3.93. The molecule has 0 saturated carbocycles. The zero-order valence-corrected chi connectivity index (χ0v) is 19.3. The predicted molar refractivity (Wildman–Crippen MR) is 110 cm³/mol. The molecule has 1 saturated heterocycles. The molecule has 2 radical (unpaired) electrons. The Labute approximate surface area is 171 Å². The summed E-state index contributed by atoms with van der Waals surface area (Å²) < 4.78 is 42.1. The Balaban J connectivity index is 2.98. The number of ether oxygens (including phenoxy) is 1. The van der Waals surface area contributed by atoms with Crippen molar-refractivity contribution in [2.75, 3.05) is 20.8 Å². The van der Waals surface area contributed by atoms with Crippen LogP contribution in [0.2, 0.25) is 0 Å². The van der Waals surface area contributed by atoms with Gasteiger partial charge in [0, 0.05) is 38.1 Å². The minimum Gasteiger partial charge on any atom is -0.378 e. The summed E-state index contributed by atoms with van der Waals surface area (Å²) in [6.07, 6.45) is 1.44. The lowest BCUT2D eigenvalue weighted by Crippen LogP contribution is -2.35. The highest BCUT2D eigenvalue weighted by molar-refractivity contribution is 7.57. The van der Waals surface area contributed by atoms with E-state index in [0.717, 1.165) is 0 Å². The highest BCUT2D eigenvalue weighted by Crippen LogP contribution is 2.51. The summed E-state index contributed by atoms with van der Waals surface area (Å²) in [6, 6.07) is 1.93. The Morgan fingerprint density at radius 1 is 1.32 bits per heavy atom. The van der Waals surface area contributed by atoms with Crippen molar-refractivity contribution in [3.63, 3.8) is 0 Å². The van der Waals surface area contributed by atoms with Gasteiger partial charge in [0.25, 0.3) is 8.53 Å². The van der Waals surface area contributed by atoms with Crippen molar-refractivity contribution in [1.29, 1.82) is 5.26 Å². The van der Waals surface area contributed by atoms with Gasteiger partial charge in [0.05, 0.1) is 25.2 Å². The molecule has 0 aliphatic carbocycles. The van der Waals surface area contributed by atoms with E-state index in [9.17, 15) is 4.57 Å². The molecule has 0 aromatic carbocycles. The maximum Gasteiger partial charge on any atom is 0.353 e. The molecule has 0 amide bonds. The van der Waals surface area contributed by atoms with E-state index in [4.69, 9.17) is 35.9 Å². The monoisotopic (exact) mass is 432 g/mol. The minimum atomic E-state index is -3.32. The maximum absolute atomic E-state index is 12.3. The van der Waals surface area contributed by atoms with E-state index in [2.05, 4.69) is 38.4 Å². The summed E-state index contributed by atoms with van der Waals surface area (Å²) in [5.74, 6) is 1.35. The van der Waals surface area contributed by atoms with Crippen LogP contribution >= 0.6 is 16.1 Å². The molecule has 1 fully saturated rings. The van der Waals surface area contributed by atoms with Gasteiger partial charge in [-0.05, 0) is 40.2 Å². The van der Waals surface area contributed by atoms with Crippen molar-refractivity contribution in [1.82, 2.24) is 4.67 Å². The molecule has 28 heavy (non-hydrogen) atoms. The van der Waals surface area contributed by atoms with E-state index in [0.29, 0.717) is 6.42 Å². The molecular weight excluding hydrogens is 401 g/mol. The summed E-state index contributed by atoms with van der Waals surface area (Å²) in [6.45, 7) is 8.53. The normalized spacial score (nSPS) is 24.5. The van der Waals surface area contributed by atoms with Crippen LogP contribution in [0, 0.1) is 11.3 Å². The van der Waals surface area contributed by atoms with Crippen LogP contribution in [0.15, 0.2) is 11.9 Å². The summed E-state index contributed by atoms with van der Waals surface area (Å²) in [7, 11) is 3.83. The van der Waals surface area contributed by atoms with Crippen molar-refractivity contribution in [2.24, 2.45) is 0 Å². The Morgan fingerprint density at radius 2 is 1.93 bits per heavy atom. The minimum absolute atomic E-state index is 0.181. The van der Waals surface area contributed by atoms with Crippen LogP contribution in [-0.4, -0.2) is 63.6 Å². The second-order valence-electron chi connectivity index (χ2n) is 6.81. The van der Waals surface area contributed by atoms with Crippen molar-refractivity contribution in [3.8, 4) is 6.07 Å². The molecule has 1 aliphatic heterocycles. The van der Waals surface area contributed by atoms with Crippen molar-refractivity contribution in [2.45, 2.75) is 70.8 Å². The van der Waals surface area contributed by atoms with Crippen LogP contribution in [0.1, 0.15) is 40.5 Å². The second kappa shape index (κ2) is 12.4. The Kier molecular flexibility index (Phi) is 11.4. The lowest BCUT2D eigenvalue weighted by molar-refractivity contribution is 0.0627. The van der Waals surface area contributed by atoms with E-state index in [1.54, 1.807) is 6.08 Å². The van der Waals surface area contributed by atoms with E-state index < -0.39 is 28.2 Å². The highest BCUT2D eigenvalue weighted by Gasteiger charge is 2.38. The first-order valence-electron chi connectivity index (χ1n) is 9.24. The lowest BCUT2D eigenvalue weighted by atomic mass is 9.96. The van der Waals surface area contributed by atoms with Gasteiger partial charge in [0.15, 0.2) is 0 Å². The third-order valence-electron chi connectivity index (χ3n) is 4.02. The molecule has 4 atom stereocenters. The average Bonchev–Trinajstić information content (AvgIpc) is 2.98. The zero-order valence-electron chi connectivity index (χ0n) is 17.5. The van der Waals surface area contributed by atoms with Crippen LogP contribution < -0.4 is 0 Å². The number of hydrogen-bond donors (Lipinski definition) is 0. The van der Waals surface area contributed by atoms with Crippen LogP contribution in [0.3, 0.4) is 0 Å². The molecule has 0 aromatic heterocycles. The molecule has 0 aromatic rings. The average molecular weight is 432 g/mol. The number of rotatable bonds is 12. The molecule has 2 unspecified atom stereocenters. The van der Waals surface area contributed by atoms with Crippen molar-refractivity contribution < 1.29 is 27.4 Å². The third kappa shape index (κ3) is 7.86. The van der Waals surface area contributed by atoms with E-state index in [1.165, 1.54) is 20.0 Å². The zero-order chi connectivity index (χ0) is 21.3. The standard InChI is InChI=1S/C17H31BN2O6P2/c1-13(2)20(14(3)4)27(24-10-7-9-19)26-16-12-17(18)25-15(16)8-11-28(21,22-5)23-6/h8,11,13-17H,7,10,12H2,1-6H3/b11-8+/t15-,16+,17?,27?/m1/s1. The topological polar surface area (TPSA) is 90.3 Å². The van der Waals surface area contributed by atoms with E-state index in [1.807, 2.05) is 0 Å². The van der Waals surface area contributed by atoms with Gasteiger partial charge in [-0.1, -0.05) is 0 Å². The maximum atomic E-state index is 12.3. The van der Waals surface area contributed by atoms with Crippen molar-refractivity contribution >= 4 is 24.0 Å². The fourth-order valence-corrected chi connectivity index (χ4v) is 5.29. The SMILES string of the molecule is [B]C1C[C@H](OP(OCCC#N)N(C(C)C)C(C)C)[C@@H](/C=C/P(=O)(OC)OC)O1. The molecule has 158 valence electrons. The van der Waals surface area contributed by atoms with Gasteiger partial charge < -0.3 is 22.8 Å². The summed E-state index contributed by atoms with van der Waals surface area (Å²) in [4.78, 5) is 0. The lowest BCUT2D eigenvalue weighted by Gasteiger charge is -2.37. The first-order valence-corrected chi connectivity index (χ1v) is 12.0. The molecule has 0 spiro atoms. The summed E-state index contributed by atoms with van der Waals surface area (Å²) >= 11 is 0. The van der Waals surface area contributed by atoms with Crippen LogP contribution in [0.5, 0.6) is 0 Å². The molecule has 1 aliphatic rings. The first kappa shape index (κ1) is 25.8. The molecule has 1 rings (SSSR count). The van der Waals surface area contributed by atoms with Gasteiger partial charge in [-0.25, -0.2) is 4.67 Å². The van der Waals surface area contributed by atoms with Crippen molar-refractivity contribution in [3.05, 3.63) is 11.9 Å². The third-order valence-corrected chi connectivity index (χ3v) is 7.73. The molecule has 11 heteroatoms. The molecule has 0 N–H and O–H groups in total. The van der Waals surface area contributed by atoms with Crippen LogP contribution in [-0.2, 0) is 27.4 Å². The van der Waals surface area contributed by atoms with E-state index in [-0.39, 0.29) is 31.2 Å². The van der Waals surface area contributed by atoms with Crippen LogP contribution in [0.25, 0.3) is 0 Å². The Bertz CT molecular complexity index is 570. The smallest absolute Gasteiger partial charge is 0.353 e. The molecule has 8 nitrogen and oxygen atoms in total. The van der Waals surface area contributed by atoms with Gasteiger partial charge in [0.1, 0.15) is 14.0 Å². The molecule has 0 bridgehead atoms. The van der Waals surface area contributed by atoms with Gasteiger partial charge in [-0.2, -0.15) is 5.26 Å². The number of nitriles is 1. The van der Waals surface area contributed by atoms with Gasteiger partial charge in [-0.3, -0.25) is 4.57 Å². The Morgan fingerprint density at radius 3 is 2.43 bits per heavy atom. The molecule has 1 heterocycles. The highest BCUT2D eigenvalue weighted by atomic mass is 31.2. The molecular formula is C17H31BN2O6P2. The first-order chi connectivity index (χ1) is 13.2. The summed E-state index contributed by atoms with van der Waals surface area (Å²) in [5.41, 5.74) is 0. The van der Waals surface area contributed by atoms with Crippen LogP contribution in [0.4, 0.5) is 0 Å². The quantitative estimate of drug-likeness (QED) is 0.260. The second-order valence-corrected chi connectivity index (χ2v) is 10.3. The number of hydrogen-bond acceptors (Lipinski definition) is 8. The van der Waals surface area contributed by atoms with Gasteiger partial charge in [0.2, 0.25) is 0 Å². The van der Waals surface area contributed by atoms with Gasteiger partial charge in [-0.15, -0.1) is 0 Å². The Hall–Kier alpha value is -0.285. The fourth-order valence-electron chi connectivity index (χ4n) is 2.78. The fraction of sp³-hybridized carbons (Fsp3) is 0.824. The largest absolute Gasteiger partial charge is 0.378 e. The summed E-state index contributed by atoms with van der Waals surface area (Å²) in [5, 5.41) is 8.82.